The summed E-state index contributed by atoms with van der Waals surface area (Å²) in [6, 6.07) is 19.4. The van der Waals surface area contributed by atoms with Crippen LogP contribution in [0.1, 0.15) is 12.0 Å². The Bertz CT molecular complexity index is 1230. The van der Waals surface area contributed by atoms with Crippen molar-refractivity contribution in [2.45, 2.75) is 12.5 Å². The Morgan fingerprint density at radius 2 is 2.00 bits per heavy atom. The molecule has 0 amide bonds. The van der Waals surface area contributed by atoms with E-state index in [9.17, 15) is 5.26 Å². The van der Waals surface area contributed by atoms with Crippen molar-refractivity contribution in [3.05, 3.63) is 60.3 Å². The number of nitrogens with zero attached hydrogens (tertiary/aromatic N) is 4. The number of benzene rings is 2. The van der Waals surface area contributed by atoms with E-state index in [2.05, 4.69) is 70.3 Å². The van der Waals surface area contributed by atoms with Gasteiger partial charge in [0.15, 0.2) is 0 Å². The molecule has 0 unspecified atom stereocenters. The molecule has 1 saturated heterocycles. The first-order chi connectivity index (χ1) is 14.2. The highest BCUT2D eigenvalue weighted by molar-refractivity contribution is 6.17. The van der Waals surface area contributed by atoms with E-state index in [4.69, 9.17) is 0 Å². The van der Waals surface area contributed by atoms with Gasteiger partial charge in [-0.25, -0.2) is 4.98 Å². The van der Waals surface area contributed by atoms with Crippen molar-refractivity contribution in [2.24, 2.45) is 0 Å². The lowest BCUT2D eigenvalue weighted by Gasteiger charge is -2.25. The van der Waals surface area contributed by atoms with Crippen LogP contribution < -0.4 is 4.90 Å². The largest absolute Gasteiger partial charge is 0.369 e. The monoisotopic (exact) mass is 381 g/mol. The van der Waals surface area contributed by atoms with Gasteiger partial charge in [-0.2, -0.15) is 5.26 Å². The minimum absolute atomic E-state index is 0.521. The van der Waals surface area contributed by atoms with Crippen molar-refractivity contribution >= 4 is 27.6 Å². The number of pyridine rings is 1. The van der Waals surface area contributed by atoms with Gasteiger partial charge < -0.3 is 14.8 Å². The van der Waals surface area contributed by atoms with E-state index in [1.807, 2.05) is 18.2 Å². The predicted molar refractivity (Wildman–Crippen MR) is 118 cm³/mol. The van der Waals surface area contributed by atoms with Gasteiger partial charge in [0.25, 0.3) is 0 Å². The second kappa shape index (κ2) is 6.91. The molecule has 1 atom stereocenters. The molecule has 1 aliphatic rings. The van der Waals surface area contributed by atoms with Crippen LogP contribution in [0.3, 0.4) is 0 Å². The van der Waals surface area contributed by atoms with Crippen LogP contribution in [0.5, 0.6) is 0 Å². The van der Waals surface area contributed by atoms with Crippen LogP contribution in [-0.2, 0) is 0 Å². The normalized spacial score (nSPS) is 16.8. The van der Waals surface area contributed by atoms with Crippen molar-refractivity contribution in [3.63, 3.8) is 0 Å². The van der Waals surface area contributed by atoms with Crippen LogP contribution in [-0.4, -0.2) is 48.1 Å². The van der Waals surface area contributed by atoms with Gasteiger partial charge in [0.1, 0.15) is 11.7 Å². The number of likely N-dealkylation sites (N-methyl/N-ethyl adjacent to an activating group) is 1. The molecule has 2 aromatic carbocycles. The number of hydrogen-bond acceptors (Lipinski definition) is 4. The van der Waals surface area contributed by atoms with Crippen molar-refractivity contribution in [3.8, 4) is 17.2 Å². The van der Waals surface area contributed by atoms with Crippen molar-refractivity contribution in [1.82, 2.24) is 14.9 Å². The molecule has 144 valence electrons. The Hall–Kier alpha value is -3.36. The molecule has 5 rings (SSSR count). The number of anilines is 1. The number of nitriles is 1. The summed E-state index contributed by atoms with van der Waals surface area (Å²) in [6.07, 6.45) is 2.92. The molecule has 1 N–H and O–H groups in total. The first-order valence-electron chi connectivity index (χ1n) is 9.97. The number of aromatic amines is 1. The summed E-state index contributed by atoms with van der Waals surface area (Å²) in [6.45, 7) is 1.97. The number of aromatic nitrogens is 2. The number of rotatable bonds is 3. The molecule has 29 heavy (non-hydrogen) atoms. The summed E-state index contributed by atoms with van der Waals surface area (Å²) in [5, 5.41) is 12.1. The molecule has 5 nitrogen and oxygen atoms in total. The molecule has 3 heterocycles. The SMILES string of the molecule is CN(C)[C@H]1CCN(c2c(-c3ccccc3)cc(C#N)c3[nH]c4ncccc4c23)C1. The zero-order chi connectivity index (χ0) is 20.0. The molecule has 0 spiro atoms. The molecular formula is C24H23N5. The van der Waals surface area contributed by atoms with Gasteiger partial charge in [0.05, 0.1) is 16.8 Å². The lowest BCUT2D eigenvalue weighted by Crippen LogP contribution is -2.31. The van der Waals surface area contributed by atoms with Crippen molar-refractivity contribution in [1.29, 1.82) is 5.26 Å². The van der Waals surface area contributed by atoms with E-state index in [1.54, 1.807) is 6.20 Å². The van der Waals surface area contributed by atoms with E-state index < -0.39 is 0 Å². The van der Waals surface area contributed by atoms with Gasteiger partial charge in [-0.05, 0) is 44.3 Å². The Labute approximate surface area is 170 Å². The molecular weight excluding hydrogens is 358 g/mol. The Morgan fingerprint density at radius 3 is 2.72 bits per heavy atom. The smallest absolute Gasteiger partial charge is 0.138 e. The average Bonchev–Trinajstić information content (AvgIpc) is 3.39. The molecule has 0 saturated carbocycles. The van der Waals surface area contributed by atoms with E-state index >= 15 is 0 Å². The van der Waals surface area contributed by atoms with Crippen LogP contribution in [0.2, 0.25) is 0 Å². The number of nitrogens with one attached hydrogen (secondary N) is 1. The van der Waals surface area contributed by atoms with Gasteiger partial charge in [0, 0.05) is 41.7 Å². The molecule has 5 heteroatoms. The third kappa shape index (κ3) is 2.84. The summed E-state index contributed by atoms with van der Waals surface area (Å²) >= 11 is 0. The molecule has 4 aromatic rings. The van der Waals surface area contributed by atoms with Crippen LogP contribution in [0.4, 0.5) is 5.69 Å². The highest BCUT2D eigenvalue weighted by atomic mass is 15.2. The Morgan fingerprint density at radius 1 is 1.17 bits per heavy atom. The van der Waals surface area contributed by atoms with Crippen LogP contribution in [0.25, 0.3) is 33.1 Å². The maximum absolute atomic E-state index is 9.89. The second-order valence-electron chi connectivity index (χ2n) is 7.92. The summed E-state index contributed by atoms with van der Waals surface area (Å²) < 4.78 is 0. The molecule has 1 aliphatic heterocycles. The lowest BCUT2D eigenvalue weighted by atomic mass is 9.96. The first-order valence-corrected chi connectivity index (χ1v) is 9.97. The third-order valence-electron chi connectivity index (χ3n) is 6.04. The predicted octanol–water partition coefficient (Wildman–Crippen LogP) is 4.40. The first kappa shape index (κ1) is 17.7. The van der Waals surface area contributed by atoms with Gasteiger partial charge in [-0.3, -0.25) is 0 Å². The van der Waals surface area contributed by atoms with Gasteiger partial charge >= 0.3 is 0 Å². The highest BCUT2D eigenvalue weighted by Gasteiger charge is 2.29. The summed E-state index contributed by atoms with van der Waals surface area (Å²) in [5.74, 6) is 0. The van der Waals surface area contributed by atoms with Crippen LogP contribution in [0, 0.1) is 11.3 Å². The van der Waals surface area contributed by atoms with Gasteiger partial charge in [0.2, 0.25) is 0 Å². The summed E-state index contributed by atoms with van der Waals surface area (Å²) in [5.41, 5.74) is 5.81. The van der Waals surface area contributed by atoms with E-state index in [-0.39, 0.29) is 0 Å². The quantitative estimate of drug-likeness (QED) is 0.572. The maximum Gasteiger partial charge on any atom is 0.138 e. The topological polar surface area (TPSA) is 59.0 Å². The molecule has 2 aromatic heterocycles. The third-order valence-corrected chi connectivity index (χ3v) is 6.04. The maximum atomic E-state index is 9.89. The Kier molecular flexibility index (Phi) is 4.22. The fourth-order valence-corrected chi connectivity index (χ4v) is 4.51. The lowest BCUT2D eigenvalue weighted by molar-refractivity contribution is 0.315. The number of H-pyrrole nitrogens is 1. The fraction of sp³-hybridized carbons (Fsp3) is 0.250. The van der Waals surface area contributed by atoms with E-state index in [1.165, 1.54) is 5.69 Å². The second-order valence-corrected chi connectivity index (χ2v) is 7.92. The molecule has 0 bridgehead atoms. The van der Waals surface area contributed by atoms with Crippen LogP contribution in [0.15, 0.2) is 54.7 Å². The number of hydrogen-bond donors (Lipinski definition) is 1. The average molecular weight is 381 g/mol. The molecule has 0 radical (unpaired) electrons. The van der Waals surface area contributed by atoms with Crippen molar-refractivity contribution in [2.75, 3.05) is 32.1 Å². The van der Waals surface area contributed by atoms with Crippen molar-refractivity contribution < 1.29 is 0 Å². The minimum Gasteiger partial charge on any atom is -0.369 e. The summed E-state index contributed by atoms with van der Waals surface area (Å²) in [4.78, 5) is 12.7. The zero-order valence-corrected chi connectivity index (χ0v) is 16.7. The van der Waals surface area contributed by atoms with E-state index in [0.717, 1.165) is 52.6 Å². The zero-order valence-electron chi connectivity index (χ0n) is 16.7. The molecule has 1 fully saturated rings. The standard InChI is InChI=1S/C24H23N5/c1-28(2)18-10-12-29(15-18)23-20(16-7-4-3-5-8-16)13-17(14-25)22-21(23)19-9-6-11-26-24(19)27-22/h3-9,11,13,18H,10,12,15H2,1-2H3,(H,26,27)/t18-/m0/s1. The number of fused-ring (bicyclic) bond motifs is 3. The summed E-state index contributed by atoms with van der Waals surface area (Å²) in [7, 11) is 4.30. The van der Waals surface area contributed by atoms with Gasteiger partial charge in [-0.1, -0.05) is 30.3 Å². The Balaban J connectivity index is 1.86. The molecule has 0 aliphatic carbocycles. The van der Waals surface area contributed by atoms with E-state index in [0.29, 0.717) is 11.6 Å². The minimum atomic E-state index is 0.521. The fourth-order valence-electron chi connectivity index (χ4n) is 4.51. The van der Waals surface area contributed by atoms with Gasteiger partial charge in [-0.15, -0.1) is 0 Å². The van der Waals surface area contributed by atoms with Crippen LogP contribution >= 0.6 is 0 Å². The highest BCUT2D eigenvalue weighted by Crippen LogP contribution is 2.43.